The highest BCUT2D eigenvalue weighted by atomic mass is 15.3. The van der Waals surface area contributed by atoms with Gasteiger partial charge in [-0.3, -0.25) is 0 Å². The van der Waals surface area contributed by atoms with Crippen LogP contribution < -0.4 is 9.80 Å². The number of benzene rings is 6. The number of rotatable bonds is 6. The van der Waals surface area contributed by atoms with E-state index < -0.39 is 11.1 Å². The van der Waals surface area contributed by atoms with Crippen molar-refractivity contribution >= 4 is 11.4 Å². The quantitative estimate of drug-likeness (QED) is 0.207. The minimum Gasteiger partial charge on any atom is -0.378 e. The maximum Gasteiger partial charge on any atom is 0.118 e. The average molecular weight is 543 g/mol. The lowest BCUT2D eigenvalue weighted by Gasteiger charge is -2.50. The number of hydrogen-bond acceptors (Lipinski definition) is 2. The van der Waals surface area contributed by atoms with Crippen LogP contribution in [0.1, 0.15) is 33.4 Å². The lowest BCUT2D eigenvalue weighted by atomic mass is 9.76. The maximum atomic E-state index is 2.69. The minimum absolute atomic E-state index is 0.621. The molecule has 0 saturated heterocycles. The summed E-state index contributed by atoms with van der Waals surface area (Å²) >= 11 is 0. The summed E-state index contributed by atoms with van der Waals surface area (Å²) in [5.41, 5.74) is 8.57. The average Bonchev–Trinajstić information content (AvgIpc) is 3.35. The first-order chi connectivity index (χ1) is 20.7. The first kappa shape index (κ1) is 25.9. The Morgan fingerprint density at radius 2 is 0.690 bits per heavy atom. The van der Waals surface area contributed by atoms with Crippen LogP contribution in [0.2, 0.25) is 0 Å². The molecule has 0 saturated carbocycles. The molecule has 2 heteroatoms. The fourth-order valence-corrected chi connectivity index (χ4v) is 7.08. The van der Waals surface area contributed by atoms with Gasteiger partial charge < -0.3 is 9.80 Å². The van der Waals surface area contributed by atoms with E-state index in [-0.39, 0.29) is 0 Å². The summed E-state index contributed by atoms with van der Waals surface area (Å²) in [4.78, 5) is 4.85. The van der Waals surface area contributed by atoms with Crippen molar-refractivity contribution in [2.24, 2.45) is 0 Å². The molecule has 204 valence electrons. The molecule has 0 fully saturated rings. The van der Waals surface area contributed by atoms with E-state index in [2.05, 4.69) is 194 Å². The highest BCUT2D eigenvalue weighted by Crippen LogP contribution is 2.62. The first-order valence-electron chi connectivity index (χ1n) is 14.6. The summed E-state index contributed by atoms with van der Waals surface area (Å²) in [7, 11) is 4.19. The van der Waals surface area contributed by atoms with Crippen LogP contribution in [-0.4, -0.2) is 14.1 Å². The zero-order valence-corrected chi connectivity index (χ0v) is 24.1. The molecule has 1 heterocycles. The monoisotopic (exact) mass is 542 g/mol. The Labute approximate surface area is 249 Å². The van der Waals surface area contributed by atoms with Crippen molar-refractivity contribution in [2.75, 3.05) is 23.9 Å². The Morgan fingerprint density at radius 3 is 1.00 bits per heavy atom. The molecule has 6 aromatic carbocycles. The molecule has 1 aliphatic heterocycles. The number of hydrogen-bond donors (Lipinski definition) is 0. The molecule has 0 unspecified atom stereocenters. The van der Waals surface area contributed by atoms with Gasteiger partial charge in [0.15, 0.2) is 0 Å². The smallest absolute Gasteiger partial charge is 0.118 e. The van der Waals surface area contributed by atoms with Crippen molar-refractivity contribution < 1.29 is 0 Å². The van der Waals surface area contributed by atoms with Crippen LogP contribution in [0.5, 0.6) is 0 Å². The zero-order valence-electron chi connectivity index (χ0n) is 24.1. The van der Waals surface area contributed by atoms with Crippen molar-refractivity contribution in [1.29, 1.82) is 0 Å². The van der Waals surface area contributed by atoms with Crippen molar-refractivity contribution in [1.82, 2.24) is 0 Å². The Bertz CT molecular complexity index is 1590. The second-order valence-corrected chi connectivity index (χ2v) is 11.2. The van der Waals surface area contributed by atoms with Crippen molar-refractivity contribution in [3.63, 3.8) is 0 Å². The standard InChI is InChI=1S/C40H34N2/c1-41(2)35-27-29-36(30-28-35)42-39(31-17-7-3-8-18-31,32-19-9-4-10-20-32)37-25-15-16-26-38(37)40(42,33-21-11-5-12-22-33)34-23-13-6-14-24-34/h3-30H,1-2H3. The molecule has 2 nitrogen and oxygen atoms in total. The van der Waals surface area contributed by atoms with Crippen molar-refractivity contribution in [3.8, 4) is 0 Å². The van der Waals surface area contributed by atoms with Gasteiger partial charge in [0.05, 0.1) is 0 Å². The summed E-state index contributed by atoms with van der Waals surface area (Å²) in [6, 6.07) is 62.2. The van der Waals surface area contributed by atoms with E-state index in [4.69, 9.17) is 0 Å². The molecule has 0 atom stereocenters. The molecule has 7 rings (SSSR count). The molecule has 0 N–H and O–H groups in total. The molecule has 1 aliphatic rings. The molecule has 0 aliphatic carbocycles. The first-order valence-corrected chi connectivity index (χ1v) is 14.6. The summed E-state index contributed by atoms with van der Waals surface area (Å²) in [6.07, 6.45) is 0. The summed E-state index contributed by atoms with van der Waals surface area (Å²) in [5.74, 6) is 0. The lowest BCUT2D eigenvalue weighted by Crippen LogP contribution is -2.54. The van der Waals surface area contributed by atoms with E-state index in [1.165, 1.54) is 39.1 Å². The molecule has 0 aromatic heterocycles. The topological polar surface area (TPSA) is 6.48 Å². The van der Waals surface area contributed by atoms with Gasteiger partial charge in [-0.05, 0) is 57.6 Å². The minimum atomic E-state index is -0.621. The summed E-state index contributed by atoms with van der Waals surface area (Å²) in [5, 5.41) is 0. The Morgan fingerprint density at radius 1 is 0.381 bits per heavy atom. The maximum absolute atomic E-state index is 2.69. The van der Waals surface area contributed by atoms with Crippen LogP contribution in [0.15, 0.2) is 170 Å². The molecular formula is C40H34N2. The predicted molar refractivity (Wildman–Crippen MR) is 175 cm³/mol. The molecule has 0 spiro atoms. The molecule has 0 bridgehead atoms. The van der Waals surface area contributed by atoms with E-state index in [0.29, 0.717) is 0 Å². The van der Waals surface area contributed by atoms with E-state index in [9.17, 15) is 0 Å². The third-order valence-corrected chi connectivity index (χ3v) is 8.77. The third kappa shape index (κ3) is 3.72. The Kier molecular flexibility index (Phi) is 6.40. The Balaban J connectivity index is 1.71. The van der Waals surface area contributed by atoms with Gasteiger partial charge in [-0.2, -0.15) is 0 Å². The van der Waals surface area contributed by atoms with Gasteiger partial charge in [-0.1, -0.05) is 146 Å². The van der Waals surface area contributed by atoms with Crippen LogP contribution in [0.25, 0.3) is 0 Å². The van der Waals surface area contributed by atoms with Gasteiger partial charge in [-0.15, -0.1) is 0 Å². The van der Waals surface area contributed by atoms with E-state index in [0.717, 1.165) is 5.69 Å². The van der Waals surface area contributed by atoms with Crippen LogP contribution in [0.4, 0.5) is 11.4 Å². The van der Waals surface area contributed by atoms with E-state index in [1.807, 2.05) is 0 Å². The lowest BCUT2D eigenvalue weighted by molar-refractivity contribution is 0.496. The van der Waals surface area contributed by atoms with Gasteiger partial charge in [0.1, 0.15) is 11.1 Å². The number of fused-ring (bicyclic) bond motifs is 1. The van der Waals surface area contributed by atoms with Gasteiger partial charge in [-0.25, -0.2) is 0 Å². The van der Waals surface area contributed by atoms with Crippen molar-refractivity contribution in [2.45, 2.75) is 11.1 Å². The zero-order chi connectivity index (χ0) is 28.6. The molecule has 0 radical (unpaired) electrons. The summed E-state index contributed by atoms with van der Waals surface area (Å²) in [6.45, 7) is 0. The molecular weight excluding hydrogens is 508 g/mol. The second kappa shape index (κ2) is 10.4. The van der Waals surface area contributed by atoms with Gasteiger partial charge in [0, 0.05) is 25.5 Å². The fraction of sp³-hybridized carbons (Fsp3) is 0.100. The van der Waals surface area contributed by atoms with Crippen molar-refractivity contribution in [3.05, 3.63) is 203 Å². The van der Waals surface area contributed by atoms with Crippen LogP contribution >= 0.6 is 0 Å². The SMILES string of the molecule is CN(C)c1ccc(N2C(c3ccccc3)(c3ccccc3)c3ccccc3C2(c2ccccc2)c2ccccc2)cc1. The van der Waals surface area contributed by atoms with Gasteiger partial charge in [0.2, 0.25) is 0 Å². The number of nitrogens with zero attached hydrogens (tertiary/aromatic N) is 2. The highest BCUT2D eigenvalue weighted by molar-refractivity contribution is 5.78. The third-order valence-electron chi connectivity index (χ3n) is 8.77. The highest BCUT2D eigenvalue weighted by Gasteiger charge is 2.61. The normalized spacial score (nSPS) is 14.8. The summed E-state index contributed by atoms with van der Waals surface area (Å²) < 4.78 is 0. The predicted octanol–water partition coefficient (Wildman–Crippen LogP) is 8.86. The largest absolute Gasteiger partial charge is 0.378 e. The van der Waals surface area contributed by atoms with E-state index in [1.54, 1.807) is 0 Å². The molecule has 42 heavy (non-hydrogen) atoms. The second-order valence-electron chi connectivity index (χ2n) is 11.2. The van der Waals surface area contributed by atoms with Gasteiger partial charge in [0.25, 0.3) is 0 Å². The van der Waals surface area contributed by atoms with E-state index >= 15 is 0 Å². The van der Waals surface area contributed by atoms with Crippen LogP contribution in [0.3, 0.4) is 0 Å². The molecule has 6 aromatic rings. The number of anilines is 2. The van der Waals surface area contributed by atoms with Gasteiger partial charge >= 0.3 is 0 Å². The Hall–Kier alpha value is -5.08. The fourth-order valence-electron chi connectivity index (χ4n) is 7.08. The molecule has 0 amide bonds. The van der Waals surface area contributed by atoms with Crippen LogP contribution in [-0.2, 0) is 11.1 Å². The van der Waals surface area contributed by atoms with Crippen LogP contribution in [0, 0.1) is 0 Å².